The molecule has 1 aliphatic rings. The van der Waals surface area contributed by atoms with Gasteiger partial charge in [-0.05, 0) is 69.5 Å². The largest absolute Gasteiger partial charge is 0.488 e. The number of nitrogens with zero attached hydrogens (tertiary/aromatic N) is 2. The van der Waals surface area contributed by atoms with Crippen LogP contribution in [0.15, 0.2) is 30.3 Å². The van der Waals surface area contributed by atoms with E-state index in [1.165, 1.54) is 28.0 Å². The third kappa shape index (κ3) is 4.53. The first-order valence-electron chi connectivity index (χ1n) is 9.32. The number of hydrogen-bond donors (Lipinski definition) is 0. The molecule has 1 aliphatic heterocycles. The number of rotatable bonds is 4. The Morgan fingerprint density at radius 1 is 1.10 bits per heavy atom. The molecule has 1 fully saturated rings. The topological polar surface area (TPSA) is 49.9 Å². The van der Waals surface area contributed by atoms with Crippen molar-refractivity contribution in [3.63, 3.8) is 0 Å². The number of imide groups is 1. The molecule has 0 radical (unpaired) electrons. The number of halogens is 2. The van der Waals surface area contributed by atoms with Crippen molar-refractivity contribution < 1.29 is 18.7 Å². The van der Waals surface area contributed by atoms with Gasteiger partial charge < -0.3 is 4.74 Å². The van der Waals surface area contributed by atoms with E-state index in [0.29, 0.717) is 5.69 Å². The number of carbonyl (C=O) groups is 2. The molecule has 0 aliphatic carbocycles. The van der Waals surface area contributed by atoms with Gasteiger partial charge in [0.15, 0.2) is 0 Å². The molecule has 154 valence electrons. The van der Waals surface area contributed by atoms with Gasteiger partial charge in [0.1, 0.15) is 23.7 Å². The second-order valence-electron chi connectivity index (χ2n) is 8.22. The number of urea groups is 1. The van der Waals surface area contributed by atoms with E-state index in [-0.39, 0.29) is 29.6 Å². The molecule has 1 heterocycles. The van der Waals surface area contributed by atoms with Crippen molar-refractivity contribution in [2.24, 2.45) is 0 Å². The molecule has 1 saturated heterocycles. The predicted molar refractivity (Wildman–Crippen MR) is 111 cm³/mol. The molecule has 0 spiro atoms. The van der Waals surface area contributed by atoms with Gasteiger partial charge in [0.2, 0.25) is 0 Å². The van der Waals surface area contributed by atoms with Crippen molar-refractivity contribution in [2.75, 3.05) is 11.4 Å². The van der Waals surface area contributed by atoms with Gasteiger partial charge in [0, 0.05) is 5.69 Å². The molecule has 2 aromatic rings. The first-order chi connectivity index (χ1) is 13.5. The quantitative estimate of drug-likeness (QED) is 0.638. The number of hydrogen-bond acceptors (Lipinski definition) is 3. The lowest BCUT2D eigenvalue weighted by Gasteiger charge is -2.25. The average molecular weight is 419 g/mol. The molecule has 0 N–H and O–H groups in total. The van der Waals surface area contributed by atoms with Crippen LogP contribution < -0.4 is 9.64 Å². The van der Waals surface area contributed by atoms with Crippen LogP contribution >= 0.6 is 11.6 Å². The molecule has 2 aromatic carbocycles. The number of benzene rings is 2. The Bertz CT molecular complexity index is 962. The molecule has 3 amide bonds. The highest BCUT2D eigenvalue weighted by atomic mass is 35.5. The van der Waals surface area contributed by atoms with Crippen LogP contribution in [-0.4, -0.2) is 29.0 Å². The van der Waals surface area contributed by atoms with Crippen molar-refractivity contribution in [1.29, 1.82) is 0 Å². The summed E-state index contributed by atoms with van der Waals surface area (Å²) in [5.41, 5.74) is 2.78. The van der Waals surface area contributed by atoms with Crippen molar-refractivity contribution in [2.45, 2.75) is 46.8 Å². The third-order valence-electron chi connectivity index (χ3n) is 4.54. The molecule has 29 heavy (non-hydrogen) atoms. The zero-order valence-corrected chi connectivity index (χ0v) is 17.9. The maximum absolute atomic E-state index is 13.4. The molecule has 3 rings (SSSR count). The Morgan fingerprint density at radius 2 is 1.72 bits per heavy atom. The summed E-state index contributed by atoms with van der Waals surface area (Å²) in [5, 5.41) is -0.0955. The summed E-state index contributed by atoms with van der Waals surface area (Å²) in [6.07, 6.45) is 0. The van der Waals surface area contributed by atoms with Crippen LogP contribution in [0.3, 0.4) is 0 Å². The van der Waals surface area contributed by atoms with E-state index in [2.05, 4.69) is 0 Å². The van der Waals surface area contributed by atoms with Crippen LogP contribution in [0.4, 0.5) is 14.9 Å². The van der Waals surface area contributed by atoms with Crippen LogP contribution in [0, 0.1) is 19.7 Å². The SMILES string of the molecule is Cc1cc(CN2C(=O)CN(c3ccc(F)c(Cl)c3)C2=O)cc(C)c1OC(C)(C)C. The van der Waals surface area contributed by atoms with Crippen LogP contribution in [-0.2, 0) is 11.3 Å². The van der Waals surface area contributed by atoms with Gasteiger partial charge in [-0.15, -0.1) is 0 Å². The molecule has 0 unspecified atom stereocenters. The first-order valence-corrected chi connectivity index (χ1v) is 9.70. The summed E-state index contributed by atoms with van der Waals surface area (Å²) in [7, 11) is 0. The zero-order chi connectivity index (χ0) is 21.5. The molecule has 0 aromatic heterocycles. The van der Waals surface area contributed by atoms with Crippen molar-refractivity contribution in [3.05, 3.63) is 57.9 Å². The van der Waals surface area contributed by atoms with Crippen LogP contribution in [0.2, 0.25) is 5.02 Å². The van der Waals surface area contributed by atoms with Gasteiger partial charge >= 0.3 is 6.03 Å². The van der Waals surface area contributed by atoms with E-state index >= 15 is 0 Å². The fourth-order valence-electron chi connectivity index (χ4n) is 3.33. The minimum absolute atomic E-state index is 0.0955. The molecule has 0 saturated carbocycles. The lowest BCUT2D eigenvalue weighted by Crippen LogP contribution is -2.32. The van der Waals surface area contributed by atoms with Gasteiger partial charge in [-0.2, -0.15) is 0 Å². The van der Waals surface area contributed by atoms with Crippen molar-refractivity contribution in [1.82, 2.24) is 4.90 Å². The Kier molecular flexibility index (Phi) is 5.59. The summed E-state index contributed by atoms with van der Waals surface area (Å²) in [6, 6.07) is 7.35. The molecular weight excluding hydrogens is 395 g/mol. The lowest BCUT2D eigenvalue weighted by molar-refractivity contribution is -0.125. The van der Waals surface area contributed by atoms with Gasteiger partial charge in [-0.25, -0.2) is 9.18 Å². The van der Waals surface area contributed by atoms with Gasteiger partial charge in [-0.3, -0.25) is 14.6 Å². The van der Waals surface area contributed by atoms with E-state index < -0.39 is 11.8 Å². The molecule has 7 heteroatoms. The lowest BCUT2D eigenvalue weighted by atomic mass is 10.0. The Morgan fingerprint density at radius 3 is 2.28 bits per heavy atom. The molecule has 5 nitrogen and oxygen atoms in total. The van der Waals surface area contributed by atoms with Crippen LogP contribution in [0.5, 0.6) is 5.75 Å². The third-order valence-corrected chi connectivity index (χ3v) is 4.83. The standard InChI is InChI=1S/C22H24ClFN2O3/c1-13-8-15(9-14(2)20(13)29-22(3,4)5)11-26-19(27)12-25(21(26)28)16-6-7-18(24)17(23)10-16/h6-10H,11-12H2,1-5H3. The summed E-state index contributed by atoms with van der Waals surface area (Å²) in [6.45, 7) is 9.88. The van der Waals surface area contributed by atoms with E-state index in [1.54, 1.807) is 0 Å². The first kappa shape index (κ1) is 21.1. The van der Waals surface area contributed by atoms with E-state index in [9.17, 15) is 14.0 Å². The fraction of sp³-hybridized carbons (Fsp3) is 0.364. The highest BCUT2D eigenvalue weighted by Gasteiger charge is 2.37. The van der Waals surface area contributed by atoms with Gasteiger partial charge in [-0.1, -0.05) is 23.7 Å². The minimum Gasteiger partial charge on any atom is -0.488 e. The van der Waals surface area contributed by atoms with Crippen LogP contribution in [0.25, 0.3) is 0 Å². The van der Waals surface area contributed by atoms with Gasteiger partial charge in [0.25, 0.3) is 5.91 Å². The summed E-state index contributed by atoms with van der Waals surface area (Å²) in [5.74, 6) is -0.0857. The smallest absolute Gasteiger partial charge is 0.332 e. The summed E-state index contributed by atoms with van der Waals surface area (Å²) >= 11 is 5.81. The molecule has 0 atom stereocenters. The molecule has 0 bridgehead atoms. The average Bonchev–Trinajstić information content (AvgIpc) is 2.88. The normalized spacial score (nSPS) is 14.7. The molecular formula is C22H24ClFN2O3. The Labute approximate surface area is 175 Å². The Balaban J connectivity index is 1.82. The van der Waals surface area contributed by atoms with Gasteiger partial charge in [0.05, 0.1) is 11.6 Å². The van der Waals surface area contributed by atoms with Crippen LogP contribution in [0.1, 0.15) is 37.5 Å². The van der Waals surface area contributed by atoms with E-state index in [4.69, 9.17) is 16.3 Å². The minimum atomic E-state index is -0.575. The maximum atomic E-state index is 13.4. The number of aryl methyl sites for hydroxylation is 2. The zero-order valence-electron chi connectivity index (χ0n) is 17.2. The van der Waals surface area contributed by atoms with Crippen molar-refractivity contribution >= 4 is 29.2 Å². The van der Waals surface area contributed by atoms with E-state index in [1.807, 2.05) is 46.8 Å². The number of anilines is 1. The predicted octanol–water partition coefficient (Wildman–Crippen LogP) is 5.24. The fourth-order valence-corrected chi connectivity index (χ4v) is 3.51. The Hall–Kier alpha value is -2.60. The summed E-state index contributed by atoms with van der Waals surface area (Å²) < 4.78 is 19.4. The van der Waals surface area contributed by atoms with E-state index in [0.717, 1.165) is 22.4 Å². The number of carbonyl (C=O) groups excluding carboxylic acids is 2. The number of amides is 3. The maximum Gasteiger partial charge on any atom is 0.332 e. The monoisotopic (exact) mass is 418 g/mol. The second kappa shape index (κ2) is 7.67. The highest BCUT2D eigenvalue weighted by molar-refractivity contribution is 6.31. The van der Waals surface area contributed by atoms with Crippen molar-refractivity contribution in [3.8, 4) is 5.75 Å². The highest BCUT2D eigenvalue weighted by Crippen LogP contribution is 2.30. The second-order valence-corrected chi connectivity index (χ2v) is 8.63. The summed E-state index contributed by atoms with van der Waals surface area (Å²) in [4.78, 5) is 27.8. The number of ether oxygens (including phenoxy) is 1.